The number of amides is 1. The molecule has 0 saturated carbocycles. The van der Waals surface area contributed by atoms with E-state index in [1.54, 1.807) is 13.0 Å². The van der Waals surface area contributed by atoms with Crippen LogP contribution in [0.2, 0.25) is 0 Å². The Hall–Kier alpha value is -2.90. The fraction of sp³-hybridized carbons (Fsp3) is 0.286. The summed E-state index contributed by atoms with van der Waals surface area (Å²) in [5, 5.41) is 17.5. The topological polar surface area (TPSA) is 107 Å². The number of furan rings is 1. The van der Waals surface area contributed by atoms with Crippen LogP contribution >= 0.6 is 0 Å². The van der Waals surface area contributed by atoms with Gasteiger partial charge in [-0.2, -0.15) is 0 Å². The Morgan fingerprint density at radius 1 is 1.45 bits per heavy atom. The second-order valence-electron chi connectivity index (χ2n) is 4.57. The number of nitrogens with one attached hydrogen (secondary N) is 1. The first-order valence-corrected chi connectivity index (χ1v) is 6.69. The standard InChI is InChI=1S/C14H15N3O5/c1-3-6-15-14(18)22-16-9(2)13-8-10-7-11(17(19)20)4-5-12(10)21-13/h4-5,7-8H,3,6H2,1-2H3,(H,15,18)/b16-9-. The van der Waals surface area contributed by atoms with Crippen molar-refractivity contribution < 1.29 is 19.0 Å². The van der Waals surface area contributed by atoms with Gasteiger partial charge in [0.25, 0.3) is 5.69 Å². The van der Waals surface area contributed by atoms with Gasteiger partial charge in [-0.15, -0.1) is 0 Å². The highest BCUT2D eigenvalue weighted by Crippen LogP contribution is 2.24. The molecule has 22 heavy (non-hydrogen) atoms. The number of hydrogen-bond acceptors (Lipinski definition) is 6. The summed E-state index contributed by atoms with van der Waals surface area (Å²) in [6.07, 6.45) is 0.146. The van der Waals surface area contributed by atoms with Crippen molar-refractivity contribution in [3.05, 3.63) is 40.1 Å². The third kappa shape index (κ3) is 3.60. The van der Waals surface area contributed by atoms with Crippen LogP contribution in [0, 0.1) is 10.1 Å². The molecular formula is C14H15N3O5. The molecule has 0 aliphatic heterocycles. The molecule has 0 aliphatic carbocycles. The van der Waals surface area contributed by atoms with E-state index >= 15 is 0 Å². The van der Waals surface area contributed by atoms with Crippen molar-refractivity contribution in [1.82, 2.24) is 5.32 Å². The number of carbonyl (C=O) groups excluding carboxylic acids is 1. The zero-order valence-electron chi connectivity index (χ0n) is 12.2. The fourth-order valence-electron chi connectivity index (χ4n) is 1.74. The SMILES string of the molecule is CCCNC(=O)O/N=C(/C)c1cc2cc([N+](=O)[O-])ccc2o1. The molecule has 2 rings (SSSR count). The Balaban J connectivity index is 2.16. The van der Waals surface area contributed by atoms with Gasteiger partial charge < -0.3 is 9.73 Å². The molecule has 0 radical (unpaired) electrons. The first-order valence-electron chi connectivity index (χ1n) is 6.69. The van der Waals surface area contributed by atoms with Gasteiger partial charge in [0.05, 0.1) is 4.92 Å². The fourth-order valence-corrected chi connectivity index (χ4v) is 1.74. The number of fused-ring (bicyclic) bond motifs is 1. The van der Waals surface area contributed by atoms with Crippen LogP contribution in [0.25, 0.3) is 11.0 Å². The normalized spacial score (nSPS) is 11.5. The number of rotatable bonds is 5. The third-order valence-electron chi connectivity index (χ3n) is 2.85. The molecule has 1 aromatic carbocycles. The van der Waals surface area contributed by atoms with Crippen molar-refractivity contribution in [3.63, 3.8) is 0 Å². The maximum Gasteiger partial charge on any atom is 0.433 e. The van der Waals surface area contributed by atoms with Crippen LogP contribution in [0.1, 0.15) is 26.0 Å². The molecule has 1 amide bonds. The molecule has 116 valence electrons. The molecule has 1 aromatic heterocycles. The van der Waals surface area contributed by atoms with E-state index in [9.17, 15) is 14.9 Å². The lowest BCUT2D eigenvalue weighted by atomic mass is 10.2. The molecule has 1 heterocycles. The number of oxime groups is 1. The molecule has 0 unspecified atom stereocenters. The summed E-state index contributed by atoms with van der Waals surface area (Å²) in [7, 11) is 0. The molecular weight excluding hydrogens is 290 g/mol. The Morgan fingerprint density at radius 3 is 2.91 bits per heavy atom. The Bertz CT molecular complexity index is 735. The van der Waals surface area contributed by atoms with E-state index in [1.807, 2.05) is 6.92 Å². The van der Waals surface area contributed by atoms with Crippen molar-refractivity contribution in [2.75, 3.05) is 6.54 Å². The maximum absolute atomic E-state index is 11.3. The summed E-state index contributed by atoms with van der Waals surface area (Å²) in [4.78, 5) is 26.2. The summed E-state index contributed by atoms with van der Waals surface area (Å²) in [5.74, 6) is 0.374. The van der Waals surface area contributed by atoms with Gasteiger partial charge >= 0.3 is 6.09 Å². The van der Waals surface area contributed by atoms with Crippen molar-refractivity contribution in [1.29, 1.82) is 0 Å². The van der Waals surface area contributed by atoms with Crippen molar-refractivity contribution in [2.45, 2.75) is 20.3 Å². The lowest BCUT2D eigenvalue weighted by Crippen LogP contribution is -2.23. The van der Waals surface area contributed by atoms with Crippen molar-refractivity contribution >= 4 is 28.5 Å². The van der Waals surface area contributed by atoms with Crippen LogP contribution < -0.4 is 5.32 Å². The van der Waals surface area contributed by atoms with E-state index in [1.165, 1.54) is 18.2 Å². The van der Waals surface area contributed by atoms with Crippen LogP contribution in [0.3, 0.4) is 0 Å². The first-order chi connectivity index (χ1) is 10.5. The summed E-state index contributed by atoms with van der Waals surface area (Å²) in [6.45, 7) is 4.03. The van der Waals surface area contributed by atoms with Crippen molar-refractivity contribution in [3.8, 4) is 0 Å². The quantitative estimate of drug-likeness (QED) is 0.395. The lowest BCUT2D eigenvalue weighted by Gasteiger charge is -2.00. The second kappa shape index (κ2) is 6.70. The smallest absolute Gasteiger partial charge is 0.433 e. The highest BCUT2D eigenvalue weighted by molar-refractivity contribution is 5.99. The highest BCUT2D eigenvalue weighted by Gasteiger charge is 2.12. The molecule has 0 bridgehead atoms. The molecule has 2 aromatic rings. The average molecular weight is 305 g/mol. The van der Waals surface area contributed by atoms with E-state index in [2.05, 4.69) is 15.3 Å². The lowest BCUT2D eigenvalue weighted by molar-refractivity contribution is -0.384. The highest BCUT2D eigenvalue weighted by atomic mass is 16.7. The van der Waals surface area contributed by atoms with E-state index in [0.29, 0.717) is 29.0 Å². The van der Waals surface area contributed by atoms with Gasteiger partial charge in [0, 0.05) is 24.1 Å². The van der Waals surface area contributed by atoms with Crippen LogP contribution in [0.4, 0.5) is 10.5 Å². The van der Waals surface area contributed by atoms with Crippen molar-refractivity contribution in [2.24, 2.45) is 5.16 Å². The van der Waals surface area contributed by atoms with Crippen LogP contribution in [0.15, 0.2) is 33.8 Å². The number of nitrogens with zero attached hydrogens (tertiary/aromatic N) is 2. The van der Waals surface area contributed by atoms with Gasteiger partial charge in [0.15, 0.2) is 5.76 Å². The van der Waals surface area contributed by atoms with Crippen LogP contribution in [-0.2, 0) is 4.84 Å². The zero-order valence-corrected chi connectivity index (χ0v) is 12.2. The molecule has 0 atom stereocenters. The number of carbonyl (C=O) groups is 1. The monoisotopic (exact) mass is 305 g/mol. The minimum absolute atomic E-state index is 0.0235. The summed E-state index contributed by atoms with van der Waals surface area (Å²) >= 11 is 0. The summed E-state index contributed by atoms with van der Waals surface area (Å²) in [5.41, 5.74) is 0.820. The van der Waals surface area contributed by atoms with Gasteiger partial charge in [-0.25, -0.2) is 4.79 Å². The Kier molecular flexibility index (Phi) is 4.72. The minimum atomic E-state index is -0.645. The van der Waals surface area contributed by atoms with Gasteiger partial charge in [-0.3, -0.25) is 15.0 Å². The van der Waals surface area contributed by atoms with E-state index in [4.69, 9.17) is 4.42 Å². The molecule has 0 spiro atoms. The number of benzene rings is 1. The molecule has 0 saturated heterocycles. The molecule has 8 heteroatoms. The van der Waals surface area contributed by atoms with Gasteiger partial charge in [0.1, 0.15) is 11.3 Å². The van der Waals surface area contributed by atoms with Gasteiger partial charge in [-0.1, -0.05) is 12.1 Å². The van der Waals surface area contributed by atoms with Gasteiger partial charge in [0.2, 0.25) is 0 Å². The average Bonchev–Trinajstić information content (AvgIpc) is 2.93. The van der Waals surface area contributed by atoms with E-state index in [0.717, 1.165) is 6.42 Å². The Labute approximate surface area is 125 Å². The third-order valence-corrected chi connectivity index (χ3v) is 2.85. The number of nitro groups is 1. The Morgan fingerprint density at radius 2 is 2.23 bits per heavy atom. The predicted octanol–water partition coefficient (Wildman–Crippen LogP) is 3.20. The molecule has 1 N–H and O–H groups in total. The summed E-state index contributed by atoms with van der Waals surface area (Å²) in [6, 6.07) is 5.88. The zero-order chi connectivity index (χ0) is 16.1. The minimum Gasteiger partial charge on any atom is -0.455 e. The number of non-ortho nitro benzene ring substituents is 1. The van der Waals surface area contributed by atoms with E-state index < -0.39 is 11.0 Å². The largest absolute Gasteiger partial charge is 0.455 e. The predicted molar refractivity (Wildman–Crippen MR) is 79.9 cm³/mol. The van der Waals surface area contributed by atoms with Crippen LogP contribution in [-0.4, -0.2) is 23.3 Å². The molecule has 0 fully saturated rings. The number of nitro benzene ring substituents is 1. The maximum atomic E-state index is 11.3. The number of hydrogen-bond donors (Lipinski definition) is 1. The van der Waals surface area contributed by atoms with E-state index in [-0.39, 0.29) is 5.69 Å². The van der Waals surface area contributed by atoms with Crippen LogP contribution in [0.5, 0.6) is 0 Å². The first kappa shape index (κ1) is 15.5. The molecule has 8 nitrogen and oxygen atoms in total. The molecule has 0 aliphatic rings. The second-order valence-corrected chi connectivity index (χ2v) is 4.57. The van der Waals surface area contributed by atoms with Gasteiger partial charge in [-0.05, 0) is 25.5 Å². The summed E-state index contributed by atoms with van der Waals surface area (Å²) < 4.78 is 5.51.